The number of halogens is 2. The Hall–Kier alpha value is -1.46. The molecule has 1 aromatic heterocycles. The first-order chi connectivity index (χ1) is 6.68. The van der Waals surface area contributed by atoms with Crippen molar-refractivity contribution in [1.82, 2.24) is 9.97 Å². The molecule has 4 nitrogen and oxygen atoms in total. The van der Waals surface area contributed by atoms with Crippen molar-refractivity contribution in [2.24, 2.45) is 5.92 Å². The van der Waals surface area contributed by atoms with Crippen molar-refractivity contribution in [3.8, 4) is 0 Å². The molecule has 1 aromatic rings. The van der Waals surface area contributed by atoms with Crippen LogP contribution >= 0.6 is 0 Å². The number of H-pyrrole nitrogens is 1. The van der Waals surface area contributed by atoms with Gasteiger partial charge in [0, 0.05) is 24.4 Å². The minimum atomic E-state index is -2.32. The van der Waals surface area contributed by atoms with Gasteiger partial charge in [0.2, 0.25) is 6.43 Å². The molecule has 2 rings (SSSR count). The number of rotatable bonds is 3. The third-order valence-corrected chi connectivity index (χ3v) is 2.19. The van der Waals surface area contributed by atoms with Crippen LogP contribution in [0.3, 0.4) is 0 Å². The molecule has 1 aliphatic carbocycles. The summed E-state index contributed by atoms with van der Waals surface area (Å²) in [6.07, 6.45) is 0.873. The van der Waals surface area contributed by atoms with Crippen LogP contribution in [0.2, 0.25) is 0 Å². The van der Waals surface area contributed by atoms with Gasteiger partial charge in [-0.2, -0.15) is 0 Å². The van der Waals surface area contributed by atoms with Gasteiger partial charge in [-0.15, -0.1) is 0 Å². The van der Waals surface area contributed by atoms with Crippen LogP contribution in [0.25, 0.3) is 0 Å². The van der Waals surface area contributed by atoms with Gasteiger partial charge < -0.3 is 10.3 Å². The molecule has 0 aromatic carbocycles. The molecule has 0 spiro atoms. The van der Waals surface area contributed by atoms with Crippen LogP contribution in [-0.4, -0.2) is 22.4 Å². The maximum absolute atomic E-state index is 12.1. The van der Waals surface area contributed by atoms with E-state index in [-0.39, 0.29) is 17.4 Å². The maximum Gasteiger partial charge on any atom is 0.290 e. The monoisotopic (exact) mass is 201 g/mol. The molecule has 1 saturated carbocycles. The highest BCUT2D eigenvalue weighted by molar-refractivity contribution is 5.34. The number of nitrogens with one attached hydrogen (secondary N) is 2. The molecule has 14 heavy (non-hydrogen) atoms. The smallest absolute Gasteiger partial charge is 0.290 e. The summed E-state index contributed by atoms with van der Waals surface area (Å²) in [4.78, 5) is 17.3. The normalized spacial score (nSPS) is 25.1. The van der Waals surface area contributed by atoms with Gasteiger partial charge in [-0.05, 0) is 6.42 Å². The molecule has 0 radical (unpaired) electrons. The summed E-state index contributed by atoms with van der Waals surface area (Å²) in [5, 5.41) is 2.68. The Labute approximate surface area is 78.4 Å². The van der Waals surface area contributed by atoms with E-state index in [0.717, 1.165) is 0 Å². The van der Waals surface area contributed by atoms with Gasteiger partial charge in [0.25, 0.3) is 5.56 Å². The number of hydrogen-bond acceptors (Lipinski definition) is 3. The first-order valence-electron chi connectivity index (χ1n) is 4.27. The van der Waals surface area contributed by atoms with Crippen LogP contribution in [0, 0.1) is 5.92 Å². The Kier molecular flexibility index (Phi) is 2.18. The van der Waals surface area contributed by atoms with E-state index in [1.807, 2.05) is 0 Å². The van der Waals surface area contributed by atoms with Crippen molar-refractivity contribution in [2.75, 3.05) is 5.32 Å². The number of aromatic amines is 1. The third kappa shape index (κ3) is 1.73. The zero-order valence-electron chi connectivity index (χ0n) is 7.21. The van der Waals surface area contributed by atoms with E-state index < -0.39 is 12.3 Å². The van der Waals surface area contributed by atoms with Gasteiger partial charge in [-0.25, -0.2) is 13.8 Å². The number of hydrogen-bond donors (Lipinski definition) is 2. The highest BCUT2D eigenvalue weighted by atomic mass is 19.3. The van der Waals surface area contributed by atoms with Gasteiger partial charge in [-0.3, -0.25) is 4.79 Å². The molecule has 0 bridgehead atoms. The molecular weight excluding hydrogens is 192 g/mol. The molecule has 6 heteroatoms. The predicted octanol–water partition coefficient (Wildman–Crippen LogP) is 0.835. The van der Waals surface area contributed by atoms with Gasteiger partial charge in [-0.1, -0.05) is 0 Å². The molecule has 2 atom stereocenters. The standard InChI is InChI=1S/C8H9F2N3O/c9-6(10)4-3-5(4)13-7-8(14)12-2-1-11-7/h1-2,4-6H,3H2,(H,11,13)(H,12,14)/t4-,5-/m0/s1. The van der Waals surface area contributed by atoms with E-state index in [1.165, 1.54) is 12.4 Å². The fourth-order valence-corrected chi connectivity index (χ4v) is 1.29. The summed E-state index contributed by atoms with van der Waals surface area (Å²) in [6, 6.07) is -0.314. The average molecular weight is 201 g/mol. The molecule has 0 saturated heterocycles. The minimum absolute atomic E-state index is 0.112. The second kappa shape index (κ2) is 3.36. The summed E-state index contributed by atoms with van der Waals surface area (Å²) < 4.78 is 24.3. The summed E-state index contributed by atoms with van der Waals surface area (Å²) >= 11 is 0. The van der Waals surface area contributed by atoms with E-state index in [1.54, 1.807) is 0 Å². The number of aromatic nitrogens is 2. The zero-order chi connectivity index (χ0) is 10.1. The maximum atomic E-state index is 12.1. The van der Waals surface area contributed by atoms with Crippen molar-refractivity contribution in [2.45, 2.75) is 18.9 Å². The van der Waals surface area contributed by atoms with Gasteiger partial charge in [0.05, 0.1) is 0 Å². The molecule has 0 amide bonds. The van der Waals surface area contributed by atoms with Crippen LogP contribution in [0.15, 0.2) is 17.2 Å². The molecule has 1 heterocycles. The molecule has 1 fully saturated rings. The minimum Gasteiger partial charge on any atom is -0.362 e. The van der Waals surface area contributed by atoms with Gasteiger partial charge >= 0.3 is 0 Å². The third-order valence-electron chi connectivity index (χ3n) is 2.19. The van der Waals surface area contributed by atoms with Crippen LogP contribution in [0.5, 0.6) is 0 Å². The summed E-state index contributed by atoms with van der Waals surface area (Å²) in [7, 11) is 0. The molecular formula is C8H9F2N3O. The van der Waals surface area contributed by atoms with Crippen LogP contribution in [-0.2, 0) is 0 Å². The summed E-state index contributed by atoms with van der Waals surface area (Å²) in [5.74, 6) is -0.531. The lowest BCUT2D eigenvalue weighted by molar-refractivity contribution is 0.121. The van der Waals surface area contributed by atoms with Gasteiger partial charge in [0.15, 0.2) is 5.82 Å². The van der Waals surface area contributed by atoms with E-state index in [0.29, 0.717) is 6.42 Å². The van der Waals surface area contributed by atoms with Crippen molar-refractivity contribution >= 4 is 5.82 Å². The number of alkyl halides is 2. The first kappa shape index (κ1) is 9.11. The Balaban J connectivity index is 2.00. The van der Waals surface area contributed by atoms with E-state index in [4.69, 9.17) is 0 Å². The molecule has 76 valence electrons. The van der Waals surface area contributed by atoms with Crippen molar-refractivity contribution in [3.63, 3.8) is 0 Å². The lowest BCUT2D eigenvalue weighted by Crippen LogP contribution is -2.18. The molecule has 0 unspecified atom stereocenters. The SMILES string of the molecule is O=c1[nH]ccnc1N[C@H]1C[C@@H]1C(F)F. The lowest BCUT2D eigenvalue weighted by Gasteiger charge is -2.02. The highest BCUT2D eigenvalue weighted by Crippen LogP contribution is 2.37. The van der Waals surface area contributed by atoms with E-state index >= 15 is 0 Å². The fourth-order valence-electron chi connectivity index (χ4n) is 1.29. The molecule has 1 aliphatic rings. The lowest BCUT2D eigenvalue weighted by atomic mass is 10.4. The molecule has 2 N–H and O–H groups in total. The van der Waals surface area contributed by atoms with E-state index in [9.17, 15) is 13.6 Å². The predicted molar refractivity (Wildman–Crippen MR) is 46.4 cm³/mol. The summed E-state index contributed by atoms with van der Waals surface area (Å²) in [6.45, 7) is 0. The zero-order valence-corrected chi connectivity index (χ0v) is 7.21. The highest BCUT2D eigenvalue weighted by Gasteiger charge is 2.44. The fraction of sp³-hybridized carbons (Fsp3) is 0.500. The average Bonchev–Trinajstić information content (AvgIpc) is 2.88. The largest absolute Gasteiger partial charge is 0.362 e. The quantitative estimate of drug-likeness (QED) is 0.761. The second-order valence-corrected chi connectivity index (χ2v) is 3.25. The Morgan fingerprint density at radius 3 is 3.00 bits per heavy atom. The molecule has 0 aliphatic heterocycles. The second-order valence-electron chi connectivity index (χ2n) is 3.25. The Morgan fingerprint density at radius 1 is 1.64 bits per heavy atom. The van der Waals surface area contributed by atoms with Crippen LogP contribution in [0.4, 0.5) is 14.6 Å². The number of nitrogens with zero attached hydrogens (tertiary/aromatic N) is 1. The van der Waals surface area contributed by atoms with E-state index in [2.05, 4.69) is 15.3 Å². The van der Waals surface area contributed by atoms with Crippen LogP contribution in [0.1, 0.15) is 6.42 Å². The Bertz CT molecular complexity index is 379. The van der Waals surface area contributed by atoms with Crippen molar-refractivity contribution < 1.29 is 8.78 Å². The summed E-state index contributed by atoms with van der Waals surface area (Å²) in [5.41, 5.74) is -0.382. The topological polar surface area (TPSA) is 57.8 Å². The number of anilines is 1. The van der Waals surface area contributed by atoms with Crippen molar-refractivity contribution in [3.05, 3.63) is 22.7 Å². The van der Waals surface area contributed by atoms with Gasteiger partial charge in [0.1, 0.15) is 0 Å². The van der Waals surface area contributed by atoms with Crippen LogP contribution < -0.4 is 10.9 Å². The first-order valence-corrected chi connectivity index (χ1v) is 4.27. The van der Waals surface area contributed by atoms with Crippen molar-refractivity contribution in [1.29, 1.82) is 0 Å². The Morgan fingerprint density at radius 2 is 2.43 bits per heavy atom.